The second kappa shape index (κ2) is 41.1. The third kappa shape index (κ3) is 40.1. The molecule has 11 heteroatoms. The fourth-order valence-corrected chi connectivity index (χ4v) is 6.08. The average Bonchev–Trinajstić information content (AvgIpc) is 3.20. The molecule has 0 spiro atoms. The summed E-state index contributed by atoms with van der Waals surface area (Å²) in [6.45, 7) is -5.07. The fourth-order valence-electron chi connectivity index (χ4n) is 5.47. The van der Waals surface area contributed by atoms with Crippen molar-refractivity contribution in [3.05, 3.63) is 48.6 Å². The van der Waals surface area contributed by atoms with E-state index in [2.05, 4.69) is 59.4 Å². The van der Waals surface area contributed by atoms with E-state index in [-0.39, 0.29) is 19.3 Å². The van der Waals surface area contributed by atoms with Crippen molar-refractivity contribution in [3.8, 4) is 0 Å². The topological polar surface area (TPSA) is 149 Å². The molecule has 0 saturated carbocycles. The first-order valence-electron chi connectivity index (χ1n) is 24.1. The molecule has 2 unspecified atom stereocenters. The van der Waals surface area contributed by atoms with E-state index in [0.717, 1.165) is 57.8 Å². The highest BCUT2D eigenvalue weighted by molar-refractivity contribution is 7.47. The zero-order valence-corrected chi connectivity index (χ0v) is 35.7. The van der Waals surface area contributed by atoms with E-state index in [4.69, 9.17) is 21.4 Å². The van der Waals surface area contributed by atoms with Crippen LogP contribution in [0.25, 0.3) is 0 Å². The molecule has 0 saturated heterocycles. The maximum Gasteiger partial charge on any atom is 0.472 e. The summed E-state index contributed by atoms with van der Waals surface area (Å²) < 4.78 is 73.5. The molecule has 0 amide bonds. The van der Waals surface area contributed by atoms with Crippen LogP contribution in [-0.2, 0) is 32.7 Å². The van der Waals surface area contributed by atoms with Crippen LogP contribution >= 0.6 is 7.82 Å². The second-order valence-corrected chi connectivity index (χ2v) is 15.6. The van der Waals surface area contributed by atoms with Gasteiger partial charge in [-0.15, -0.1) is 0 Å². The summed E-state index contributed by atoms with van der Waals surface area (Å²) in [5.41, 5.74) is 0. The van der Waals surface area contributed by atoms with Crippen molar-refractivity contribution < 1.29 is 54.6 Å². The third-order valence-electron chi connectivity index (χ3n) is 8.81. The summed E-state index contributed by atoms with van der Waals surface area (Å²) in [6.07, 6.45) is 35.8. The average molecular weight is 818 g/mol. The number of hydrogen-bond acceptors (Lipinski definition) is 9. The molecular formula is C45H81O10P. The number of carbonyl (C=O) groups excluding carboxylic acids is 2. The predicted molar refractivity (Wildman–Crippen MR) is 228 cm³/mol. The molecule has 3 N–H and O–H groups in total. The smallest absolute Gasteiger partial charge is 0.462 e. The van der Waals surface area contributed by atoms with Gasteiger partial charge in [-0.2, -0.15) is 0 Å². The number of carbonyl (C=O) groups is 2. The lowest BCUT2D eigenvalue weighted by Gasteiger charge is -2.20. The summed E-state index contributed by atoms with van der Waals surface area (Å²) in [7, 11) is -5.51. The van der Waals surface area contributed by atoms with E-state index < -0.39 is 58.3 Å². The minimum absolute atomic E-state index is 0.245. The van der Waals surface area contributed by atoms with Crippen LogP contribution < -0.4 is 0 Å². The van der Waals surface area contributed by atoms with Gasteiger partial charge in [0.15, 0.2) is 6.08 Å². The van der Waals surface area contributed by atoms with E-state index in [0.29, 0.717) is 25.7 Å². The Labute approximate surface area is 348 Å². The molecule has 0 rings (SSSR count). The Kier molecular flexibility index (Phi) is 33.0. The highest BCUT2D eigenvalue weighted by Gasteiger charge is 2.27. The summed E-state index contributed by atoms with van der Waals surface area (Å²) in [4.78, 5) is 35.8. The van der Waals surface area contributed by atoms with E-state index in [1.165, 1.54) is 70.6 Å². The number of aliphatic hydroxyl groups excluding tert-OH is 2. The maximum absolute atomic E-state index is 12.9. The molecule has 0 radical (unpaired) electrons. The SMILES string of the molecule is [2H]C([2H])(OC(=O)CCCCCCCCCCCCCCCC)[C@@]([2H])(OC(=O)CCCCC/C=C/C/C=C/C/C=C/C/C=C/CCCCC)C([2H])([2H])OP(=O)(O)OCC(O)CO. The Bertz CT molecular complexity index is 1300. The minimum atomic E-state index is -5.51. The Balaban J connectivity index is 5.03. The number of phosphoric acid groups is 1. The summed E-state index contributed by atoms with van der Waals surface area (Å²) in [5, 5.41) is 18.5. The standard InChI is InChI=1S/C45H81O10P/c1-3-5-7-9-11-13-15-17-19-20-21-22-23-25-27-29-31-33-35-37-45(49)55-43(41-54-56(50,51)53-39-42(47)38-46)40-52-44(48)36-34-32-30-28-26-24-18-16-14-12-10-8-6-4-2/h11,13,17,19,21-22,25,27,42-43,46-47H,3-10,12,14-16,18,20,23-24,26,28-41H2,1-2H3,(H,50,51)/b13-11+,19-17+,22-21+,27-25+/t42?,43-/m1/s1/i40D2,41D2,43D. The Morgan fingerprint density at radius 3 is 1.52 bits per heavy atom. The van der Waals surface area contributed by atoms with E-state index >= 15 is 0 Å². The molecule has 0 aliphatic rings. The second-order valence-electron chi connectivity index (χ2n) is 14.2. The van der Waals surface area contributed by atoms with E-state index in [1.807, 2.05) is 12.2 Å². The zero-order valence-electron chi connectivity index (χ0n) is 39.8. The number of hydrogen-bond donors (Lipinski definition) is 3. The van der Waals surface area contributed by atoms with Gasteiger partial charge in [0.25, 0.3) is 0 Å². The van der Waals surface area contributed by atoms with E-state index in [9.17, 15) is 24.2 Å². The molecule has 0 aliphatic heterocycles. The van der Waals surface area contributed by atoms with Gasteiger partial charge in [0, 0.05) is 12.8 Å². The predicted octanol–water partition coefficient (Wildman–Crippen LogP) is 11.7. The van der Waals surface area contributed by atoms with Gasteiger partial charge in [-0.3, -0.25) is 18.6 Å². The molecular weight excluding hydrogens is 731 g/mol. The Morgan fingerprint density at radius 1 is 0.607 bits per heavy atom. The lowest BCUT2D eigenvalue weighted by Crippen LogP contribution is -2.29. The van der Waals surface area contributed by atoms with Gasteiger partial charge >= 0.3 is 19.8 Å². The van der Waals surface area contributed by atoms with Gasteiger partial charge in [-0.05, 0) is 57.8 Å². The van der Waals surface area contributed by atoms with Crippen LogP contribution in [0.15, 0.2) is 48.6 Å². The van der Waals surface area contributed by atoms with Crippen LogP contribution in [0.4, 0.5) is 0 Å². The fraction of sp³-hybridized carbons (Fsp3) is 0.778. The highest BCUT2D eigenvalue weighted by Crippen LogP contribution is 2.43. The van der Waals surface area contributed by atoms with Crippen molar-refractivity contribution in [1.29, 1.82) is 0 Å². The van der Waals surface area contributed by atoms with Gasteiger partial charge in [0.05, 0.1) is 26.6 Å². The third-order valence-corrected chi connectivity index (χ3v) is 9.61. The first-order valence-corrected chi connectivity index (χ1v) is 23.1. The molecule has 0 aromatic carbocycles. The lowest BCUT2D eigenvalue weighted by atomic mass is 10.0. The molecule has 0 fully saturated rings. The van der Waals surface area contributed by atoms with Crippen molar-refractivity contribution in [1.82, 2.24) is 0 Å². The number of allylic oxidation sites excluding steroid dienone is 8. The van der Waals surface area contributed by atoms with Gasteiger partial charge in [0.2, 0.25) is 0 Å². The monoisotopic (exact) mass is 818 g/mol. The van der Waals surface area contributed by atoms with Gasteiger partial charge in [-0.25, -0.2) is 4.57 Å². The van der Waals surface area contributed by atoms with Gasteiger partial charge < -0.3 is 24.6 Å². The summed E-state index contributed by atoms with van der Waals surface area (Å²) in [6, 6.07) is 0. The van der Waals surface area contributed by atoms with Gasteiger partial charge in [-0.1, -0.05) is 165 Å². The number of ether oxygens (including phenoxy) is 2. The minimum Gasteiger partial charge on any atom is -0.462 e. The lowest BCUT2D eigenvalue weighted by molar-refractivity contribution is -0.161. The number of rotatable bonds is 41. The summed E-state index contributed by atoms with van der Waals surface area (Å²) in [5.74, 6) is -2.35. The molecule has 326 valence electrons. The zero-order chi connectivity index (χ0) is 45.7. The van der Waals surface area contributed by atoms with Crippen LogP contribution in [0.1, 0.15) is 194 Å². The molecule has 0 aromatic rings. The normalized spacial score (nSPS) is 16.7. The molecule has 0 aliphatic carbocycles. The van der Waals surface area contributed by atoms with Crippen LogP contribution in [0.5, 0.6) is 0 Å². The van der Waals surface area contributed by atoms with Crippen molar-refractivity contribution >= 4 is 19.8 Å². The molecule has 56 heavy (non-hydrogen) atoms. The molecule has 0 heterocycles. The number of unbranched alkanes of at least 4 members (excludes halogenated alkanes) is 19. The molecule has 0 bridgehead atoms. The summed E-state index contributed by atoms with van der Waals surface area (Å²) >= 11 is 0. The van der Waals surface area contributed by atoms with Crippen LogP contribution in [0.3, 0.4) is 0 Å². The number of phosphoric ester groups is 1. The molecule has 10 nitrogen and oxygen atoms in total. The Morgan fingerprint density at radius 2 is 1.02 bits per heavy atom. The highest BCUT2D eigenvalue weighted by atomic mass is 31.2. The van der Waals surface area contributed by atoms with Crippen LogP contribution in [-0.4, -0.2) is 65.6 Å². The number of esters is 2. The number of aliphatic hydroxyl groups is 2. The maximum atomic E-state index is 12.9. The van der Waals surface area contributed by atoms with Crippen molar-refractivity contribution in [2.75, 3.05) is 26.3 Å². The van der Waals surface area contributed by atoms with Crippen molar-refractivity contribution in [2.45, 2.75) is 199 Å². The van der Waals surface area contributed by atoms with Gasteiger partial charge in [0.1, 0.15) is 12.7 Å². The first-order chi connectivity index (χ1) is 29.1. The molecule has 0 aromatic heterocycles. The van der Waals surface area contributed by atoms with Crippen molar-refractivity contribution in [2.24, 2.45) is 0 Å². The van der Waals surface area contributed by atoms with Crippen LogP contribution in [0, 0.1) is 0 Å². The molecule has 3 atom stereocenters. The Hall–Kier alpha value is -2.07. The largest absolute Gasteiger partial charge is 0.472 e. The van der Waals surface area contributed by atoms with Crippen LogP contribution in [0.2, 0.25) is 0 Å². The quantitative estimate of drug-likeness (QED) is 0.0235. The van der Waals surface area contributed by atoms with E-state index in [1.54, 1.807) is 0 Å². The first kappa shape index (κ1) is 45.0. The van der Waals surface area contributed by atoms with Crippen molar-refractivity contribution in [3.63, 3.8) is 0 Å².